The molecule has 24 heavy (non-hydrogen) atoms. The van der Waals surface area contributed by atoms with Crippen molar-refractivity contribution < 1.29 is 4.79 Å². The van der Waals surface area contributed by atoms with Crippen LogP contribution in [0.4, 0.5) is 16.2 Å². The number of anilines is 2. The van der Waals surface area contributed by atoms with Crippen LogP contribution in [0.1, 0.15) is 11.1 Å². The zero-order valence-electron chi connectivity index (χ0n) is 14.1. The van der Waals surface area contributed by atoms with E-state index in [0.29, 0.717) is 0 Å². The van der Waals surface area contributed by atoms with Gasteiger partial charge in [-0.3, -0.25) is 4.90 Å². The third-order valence-electron chi connectivity index (χ3n) is 5.12. The van der Waals surface area contributed by atoms with Gasteiger partial charge in [0, 0.05) is 44.1 Å². The van der Waals surface area contributed by atoms with Crippen LogP contribution in [0.3, 0.4) is 0 Å². The van der Waals surface area contributed by atoms with E-state index in [1.165, 1.54) is 16.8 Å². The van der Waals surface area contributed by atoms with Crippen molar-refractivity contribution in [1.82, 2.24) is 4.90 Å². The van der Waals surface area contributed by atoms with Gasteiger partial charge in [-0.1, -0.05) is 36.4 Å². The highest BCUT2D eigenvalue weighted by Crippen LogP contribution is 2.29. The number of carbonyl (C=O) groups is 1. The molecule has 2 aromatic rings. The van der Waals surface area contributed by atoms with Crippen molar-refractivity contribution in [2.75, 3.05) is 42.5 Å². The van der Waals surface area contributed by atoms with Crippen LogP contribution in [0.25, 0.3) is 0 Å². The lowest BCUT2D eigenvalue weighted by atomic mass is 10.1. The van der Waals surface area contributed by atoms with Crippen LogP contribution in [-0.2, 0) is 6.42 Å². The summed E-state index contributed by atoms with van der Waals surface area (Å²) in [4.78, 5) is 19.2. The molecule has 0 N–H and O–H groups in total. The highest BCUT2D eigenvalue weighted by atomic mass is 16.2. The Balaban J connectivity index is 1.43. The van der Waals surface area contributed by atoms with Gasteiger partial charge in [0.15, 0.2) is 0 Å². The molecule has 0 spiro atoms. The molecule has 2 amide bonds. The lowest BCUT2D eigenvalue weighted by Gasteiger charge is -2.38. The molecule has 0 radical (unpaired) electrons. The molecule has 2 aliphatic rings. The van der Waals surface area contributed by atoms with E-state index < -0.39 is 0 Å². The maximum atomic E-state index is 12.9. The van der Waals surface area contributed by atoms with Gasteiger partial charge >= 0.3 is 6.03 Å². The van der Waals surface area contributed by atoms with Crippen molar-refractivity contribution in [3.8, 4) is 0 Å². The molecule has 124 valence electrons. The minimum absolute atomic E-state index is 0.157. The summed E-state index contributed by atoms with van der Waals surface area (Å²) in [6.45, 7) is 6.31. The van der Waals surface area contributed by atoms with Crippen molar-refractivity contribution in [2.24, 2.45) is 0 Å². The maximum absolute atomic E-state index is 12.9. The molecule has 2 aromatic carbocycles. The average Bonchev–Trinajstić information content (AvgIpc) is 3.06. The lowest BCUT2D eigenvalue weighted by molar-refractivity contribution is 0.201. The Bertz CT molecular complexity index is 750. The van der Waals surface area contributed by atoms with Crippen molar-refractivity contribution in [3.63, 3.8) is 0 Å². The van der Waals surface area contributed by atoms with Gasteiger partial charge in [-0.2, -0.15) is 0 Å². The Hall–Kier alpha value is -2.49. The van der Waals surface area contributed by atoms with Gasteiger partial charge < -0.3 is 9.80 Å². The van der Waals surface area contributed by atoms with Crippen LogP contribution >= 0.6 is 0 Å². The van der Waals surface area contributed by atoms with Gasteiger partial charge in [-0.15, -0.1) is 0 Å². The third kappa shape index (κ3) is 2.62. The van der Waals surface area contributed by atoms with Gasteiger partial charge in [0.05, 0.1) is 0 Å². The Morgan fingerprint density at radius 3 is 2.25 bits per heavy atom. The lowest BCUT2D eigenvalue weighted by Crippen LogP contribution is -2.53. The molecule has 4 rings (SSSR count). The molecular formula is C20H23N3O. The minimum Gasteiger partial charge on any atom is -0.368 e. The fourth-order valence-electron chi connectivity index (χ4n) is 3.76. The molecule has 0 bridgehead atoms. The molecule has 0 saturated carbocycles. The van der Waals surface area contributed by atoms with Gasteiger partial charge in [0.1, 0.15) is 0 Å². The van der Waals surface area contributed by atoms with Crippen LogP contribution < -0.4 is 9.80 Å². The second-order valence-electron chi connectivity index (χ2n) is 6.57. The van der Waals surface area contributed by atoms with Crippen LogP contribution in [0.2, 0.25) is 0 Å². The quantitative estimate of drug-likeness (QED) is 0.806. The SMILES string of the molecule is Cc1ccccc1N1CCN(C(=O)N2CCc3ccccc32)CC1. The number of para-hydroxylation sites is 2. The van der Waals surface area contributed by atoms with E-state index in [9.17, 15) is 4.79 Å². The van der Waals surface area contributed by atoms with Crippen LogP contribution in [0.5, 0.6) is 0 Å². The zero-order chi connectivity index (χ0) is 16.5. The van der Waals surface area contributed by atoms with E-state index in [4.69, 9.17) is 0 Å². The first-order valence-electron chi connectivity index (χ1n) is 8.69. The second-order valence-corrected chi connectivity index (χ2v) is 6.57. The summed E-state index contributed by atoms with van der Waals surface area (Å²) in [5, 5.41) is 0. The van der Waals surface area contributed by atoms with E-state index in [2.05, 4.69) is 48.2 Å². The van der Waals surface area contributed by atoms with Gasteiger partial charge in [0.2, 0.25) is 0 Å². The number of carbonyl (C=O) groups excluding carboxylic acids is 1. The highest BCUT2D eigenvalue weighted by molar-refractivity contribution is 5.94. The summed E-state index contributed by atoms with van der Waals surface area (Å²) in [5.74, 6) is 0. The Morgan fingerprint density at radius 1 is 0.833 bits per heavy atom. The zero-order valence-corrected chi connectivity index (χ0v) is 14.1. The van der Waals surface area contributed by atoms with E-state index in [0.717, 1.165) is 44.8 Å². The number of hydrogen-bond acceptors (Lipinski definition) is 2. The molecule has 2 aliphatic heterocycles. The fourth-order valence-corrected chi connectivity index (χ4v) is 3.76. The van der Waals surface area contributed by atoms with Crippen LogP contribution in [0.15, 0.2) is 48.5 Å². The average molecular weight is 321 g/mol. The summed E-state index contributed by atoms with van der Waals surface area (Å²) >= 11 is 0. The molecule has 4 heteroatoms. The Kier molecular flexibility index (Phi) is 3.89. The molecule has 0 atom stereocenters. The normalized spacial score (nSPS) is 17.1. The third-order valence-corrected chi connectivity index (χ3v) is 5.12. The number of aryl methyl sites for hydroxylation is 1. The monoisotopic (exact) mass is 321 g/mol. The van der Waals surface area contributed by atoms with E-state index in [1.54, 1.807) is 0 Å². The van der Waals surface area contributed by atoms with Gasteiger partial charge in [-0.25, -0.2) is 4.79 Å². The molecule has 0 unspecified atom stereocenters. The smallest absolute Gasteiger partial charge is 0.324 e. The van der Waals surface area contributed by atoms with Crippen LogP contribution in [0, 0.1) is 6.92 Å². The van der Waals surface area contributed by atoms with E-state index in [1.807, 2.05) is 21.9 Å². The standard InChI is InChI=1S/C20H23N3O/c1-16-6-2-4-8-18(16)21-12-14-22(15-13-21)20(24)23-11-10-17-7-3-5-9-19(17)23/h2-9H,10-15H2,1H3. The molecule has 0 aliphatic carbocycles. The molecule has 0 aromatic heterocycles. The predicted octanol–water partition coefficient (Wildman–Crippen LogP) is 3.30. The first kappa shape index (κ1) is 15.1. The van der Waals surface area contributed by atoms with Crippen molar-refractivity contribution >= 4 is 17.4 Å². The Morgan fingerprint density at radius 2 is 1.50 bits per heavy atom. The summed E-state index contributed by atoms with van der Waals surface area (Å²) < 4.78 is 0. The number of fused-ring (bicyclic) bond motifs is 1. The summed E-state index contributed by atoms with van der Waals surface area (Å²) in [6, 6.07) is 16.9. The molecular weight excluding hydrogens is 298 g/mol. The Labute approximate surface area is 143 Å². The number of hydrogen-bond donors (Lipinski definition) is 0. The topological polar surface area (TPSA) is 26.8 Å². The number of piperazine rings is 1. The largest absolute Gasteiger partial charge is 0.368 e. The predicted molar refractivity (Wildman–Crippen MR) is 97.9 cm³/mol. The van der Waals surface area contributed by atoms with Gasteiger partial charge in [-0.05, 0) is 36.6 Å². The minimum atomic E-state index is 0.157. The first-order valence-corrected chi connectivity index (χ1v) is 8.69. The highest BCUT2D eigenvalue weighted by Gasteiger charge is 2.30. The number of nitrogens with zero attached hydrogens (tertiary/aromatic N) is 3. The van der Waals surface area contributed by atoms with E-state index in [-0.39, 0.29) is 6.03 Å². The summed E-state index contributed by atoms with van der Waals surface area (Å²) in [5.41, 5.74) is 4.95. The fraction of sp³-hybridized carbons (Fsp3) is 0.350. The summed E-state index contributed by atoms with van der Waals surface area (Å²) in [6.07, 6.45) is 0.963. The molecule has 1 saturated heterocycles. The van der Waals surface area contributed by atoms with Crippen molar-refractivity contribution in [2.45, 2.75) is 13.3 Å². The second kappa shape index (κ2) is 6.19. The number of amides is 2. The number of rotatable bonds is 1. The maximum Gasteiger partial charge on any atom is 0.324 e. The van der Waals surface area contributed by atoms with E-state index >= 15 is 0 Å². The molecule has 1 fully saturated rings. The number of benzene rings is 2. The number of urea groups is 1. The molecule has 4 nitrogen and oxygen atoms in total. The molecule has 2 heterocycles. The van der Waals surface area contributed by atoms with Crippen LogP contribution in [-0.4, -0.2) is 43.7 Å². The van der Waals surface area contributed by atoms with Crippen molar-refractivity contribution in [3.05, 3.63) is 59.7 Å². The summed E-state index contributed by atoms with van der Waals surface area (Å²) in [7, 11) is 0. The van der Waals surface area contributed by atoms with Gasteiger partial charge in [0.25, 0.3) is 0 Å². The van der Waals surface area contributed by atoms with Crippen molar-refractivity contribution in [1.29, 1.82) is 0 Å². The first-order chi connectivity index (χ1) is 11.7.